The Morgan fingerprint density at radius 2 is 1.81 bits per heavy atom. The third kappa shape index (κ3) is 3.70. The van der Waals surface area contributed by atoms with Gasteiger partial charge in [-0.3, -0.25) is 0 Å². The van der Waals surface area contributed by atoms with Crippen molar-refractivity contribution in [3.8, 4) is 5.75 Å². The van der Waals surface area contributed by atoms with Gasteiger partial charge in [0, 0.05) is 5.92 Å². The van der Waals surface area contributed by atoms with Crippen LogP contribution in [-0.2, 0) is 0 Å². The molecule has 0 radical (unpaired) electrons. The van der Waals surface area contributed by atoms with Gasteiger partial charge in [-0.1, -0.05) is 32.1 Å². The predicted molar refractivity (Wildman–Crippen MR) is 81.3 cm³/mol. The number of benzene rings is 1. The first-order valence-electron chi connectivity index (χ1n) is 7.57. The van der Waals surface area contributed by atoms with Crippen molar-refractivity contribution in [1.82, 2.24) is 4.98 Å². The van der Waals surface area contributed by atoms with Crippen LogP contribution in [-0.4, -0.2) is 11.6 Å². The standard InChI is InChI=1S/C16H19F2NOS/c17-16(18)20-12-8-9-13-14(10-12)21-15(19-13)11-6-4-2-1-3-5-7-11/h8-11,16H,1-7H2. The van der Waals surface area contributed by atoms with Gasteiger partial charge in [-0.2, -0.15) is 8.78 Å². The molecule has 0 spiro atoms. The molecule has 3 rings (SSSR count). The van der Waals surface area contributed by atoms with Crippen LogP contribution in [0.5, 0.6) is 5.75 Å². The van der Waals surface area contributed by atoms with Gasteiger partial charge in [0.25, 0.3) is 0 Å². The lowest BCUT2D eigenvalue weighted by molar-refractivity contribution is -0.0497. The first kappa shape index (κ1) is 14.7. The van der Waals surface area contributed by atoms with Crippen molar-refractivity contribution in [1.29, 1.82) is 0 Å². The smallest absolute Gasteiger partial charge is 0.387 e. The molecule has 0 atom stereocenters. The van der Waals surface area contributed by atoms with Gasteiger partial charge in [0.05, 0.1) is 15.2 Å². The Labute approximate surface area is 127 Å². The van der Waals surface area contributed by atoms with Gasteiger partial charge in [-0.15, -0.1) is 11.3 Å². The molecule has 1 aromatic heterocycles. The predicted octanol–water partition coefficient (Wildman–Crippen LogP) is 5.73. The van der Waals surface area contributed by atoms with Gasteiger partial charge < -0.3 is 4.74 Å². The summed E-state index contributed by atoms with van der Waals surface area (Å²) in [5, 5.41) is 1.15. The summed E-state index contributed by atoms with van der Waals surface area (Å²) in [6, 6.07) is 5.01. The minimum absolute atomic E-state index is 0.213. The van der Waals surface area contributed by atoms with Crippen LogP contribution in [0, 0.1) is 0 Å². The van der Waals surface area contributed by atoms with Crippen LogP contribution >= 0.6 is 11.3 Å². The lowest BCUT2D eigenvalue weighted by Gasteiger charge is -2.16. The molecule has 1 aliphatic rings. The number of nitrogens with zero attached hydrogens (tertiary/aromatic N) is 1. The van der Waals surface area contributed by atoms with Crippen LogP contribution in [0.25, 0.3) is 10.2 Å². The van der Waals surface area contributed by atoms with E-state index in [0.717, 1.165) is 15.2 Å². The summed E-state index contributed by atoms with van der Waals surface area (Å²) in [7, 11) is 0. The molecule has 0 saturated heterocycles. The molecule has 0 amide bonds. The second kappa shape index (κ2) is 6.69. The summed E-state index contributed by atoms with van der Waals surface area (Å²) in [5.41, 5.74) is 0.888. The van der Waals surface area contributed by atoms with Gasteiger partial charge in [0.15, 0.2) is 0 Å². The SMILES string of the molecule is FC(F)Oc1ccc2nc(C3CCCCCCC3)sc2c1. The number of alkyl halides is 2. The van der Waals surface area contributed by atoms with Gasteiger partial charge in [0.2, 0.25) is 0 Å². The van der Waals surface area contributed by atoms with E-state index in [1.165, 1.54) is 44.9 Å². The van der Waals surface area contributed by atoms with E-state index in [1.807, 2.05) is 0 Å². The highest BCUT2D eigenvalue weighted by Crippen LogP contribution is 2.36. The molecule has 0 aliphatic heterocycles. The Bertz CT molecular complexity index is 591. The van der Waals surface area contributed by atoms with Crippen molar-refractivity contribution in [3.63, 3.8) is 0 Å². The maximum Gasteiger partial charge on any atom is 0.387 e. The zero-order valence-electron chi connectivity index (χ0n) is 11.9. The largest absolute Gasteiger partial charge is 0.435 e. The number of hydrogen-bond donors (Lipinski definition) is 0. The number of fused-ring (bicyclic) bond motifs is 1. The normalized spacial score (nSPS) is 17.9. The lowest BCUT2D eigenvalue weighted by Crippen LogP contribution is -2.01. The average Bonchev–Trinajstić information content (AvgIpc) is 2.80. The van der Waals surface area contributed by atoms with E-state index in [-0.39, 0.29) is 5.75 Å². The minimum Gasteiger partial charge on any atom is -0.435 e. The molecule has 1 saturated carbocycles. The van der Waals surface area contributed by atoms with Gasteiger partial charge in [0.1, 0.15) is 5.75 Å². The Morgan fingerprint density at radius 1 is 1.10 bits per heavy atom. The molecule has 1 aromatic carbocycles. The van der Waals surface area contributed by atoms with Crippen LogP contribution < -0.4 is 4.74 Å². The highest BCUT2D eigenvalue weighted by Gasteiger charge is 2.18. The van der Waals surface area contributed by atoms with E-state index in [1.54, 1.807) is 29.5 Å². The molecule has 0 N–H and O–H groups in total. The minimum atomic E-state index is -2.78. The monoisotopic (exact) mass is 311 g/mol. The molecule has 1 heterocycles. The lowest BCUT2D eigenvalue weighted by atomic mass is 9.92. The zero-order valence-corrected chi connectivity index (χ0v) is 12.7. The number of thiazole rings is 1. The second-order valence-corrected chi connectivity index (χ2v) is 6.66. The quantitative estimate of drug-likeness (QED) is 0.722. The van der Waals surface area contributed by atoms with E-state index < -0.39 is 6.61 Å². The van der Waals surface area contributed by atoms with Crippen LogP contribution in [0.2, 0.25) is 0 Å². The average molecular weight is 311 g/mol. The summed E-state index contributed by atoms with van der Waals surface area (Å²) in [4.78, 5) is 4.70. The summed E-state index contributed by atoms with van der Waals surface area (Å²) in [6.45, 7) is -2.78. The summed E-state index contributed by atoms with van der Waals surface area (Å²) < 4.78 is 29.9. The van der Waals surface area contributed by atoms with E-state index >= 15 is 0 Å². The number of ether oxygens (including phenoxy) is 1. The van der Waals surface area contributed by atoms with E-state index in [4.69, 9.17) is 4.98 Å². The third-order valence-electron chi connectivity index (χ3n) is 4.06. The van der Waals surface area contributed by atoms with Crippen LogP contribution in [0.4, 0.5) is 8.78 Å². The molecule has 21 heavy (non-hydrogen) atoms. The molecule has 0 bridgehead atoms. The summed E-state index contributed by atoms with van der Waals surface area (Å²) >= 11 is 1.63. The second-order valence-electron chi connectivity index (χ2n) is 5.60. The number of aromatic nitrogens is 1. The molecular formula is C16H19F2NOS. The Balaban J connectivity index is 1.82. The fourth-order valence-electron chi connectivity index (χ4n) is 2.98. The Hall–Kier alpha value is -1.23. The first-order chi connectivity index (χ1) is 10.2. The molecule has 114 valence electrons. The Morgan fingerprint density at radius 3 is 2.52 bits per heavy atom. The van der Waals surface area contributed by atoms with Gasteiger partial charge >= 0.3 is 6.61 Å². The van der Waals surface area contributed by atoms with Crippen molar-refractivity contribution >= 4 is 21.6 Å². The number of halogens is 2. The zero-order chi connectivity index (χ0) is 14.7. The fraction of sp³-hybridized carbons (Fsp3) is 0.562. The fourth-order valence-corrected chi connectivity index (χ4v) is 4.14. The third-order valence-corrected chi connectivity index (χ3v) is 5.24. The van der Waals surface area contributed by atoms with Crippen LogP contribution in [0.1, 0.15) is 55.9 Å². The molecule has 1 fully saturated rings. The molecular weight excluding hydrogens is 292 g/mol. The van der Waals surface area contributed by atoms with Crippen molar-refractivity contribution in [2.75, 3.05) is 0 Å². The van der Waals surface area contributed by atoms with E-state index in [9.17, 15) is 8.78 Å². The van der Waals surface area contributed by atoms with Gasteiger partial charge in [-0.25, -0.2) is 4.98 Å². The maximum absolute atomic E-state index is 12.3. The van der Waals surface area contributed by atoms with E-state index in [0.29, 0.717) is 5.92 Å². The molecule has 2 nitrogen and oxygen atoms in total. The van der Waals surface area contributed by atoms with Crippen molar-refractivity contribution in [3.05, 3.63) is 23.2 Å². The van der Waals surface area contributed by atoms with Crippen LogP contribution in [0.3, 0.4) is 0 Å². The Kier molecular flexibility index (Phi) is 4.68. The van der Waals surface area contributed by atoms with E-state index in [2.05, 4.69) is 4.74 Å². The van der Waals surface area contributed by atoms with Crippen LogP contribution in [0.15, 0.2) is 18.2 Å². The highest BCUT2D eigenvalue weighted by atomic mass is 32.1. The molecule has 5 heteroatoms. The number of hydrogen-bond acceptors (Lipinski definition) is 3. The summed E-state index contributed by atoms with van der Waals surface area (Å²) in [5.74, 6) is 0.743. The maximum atomic E-state index is 12.3. The van der Waals surface area contributed by atoms with Crippen molar-refractivity contribution in [2.45, 2.75) is 57.5 Å². The number of rotatable bonds is 3. The molecule has 1 aliphatic carbocycles. The topological polar surface area (TPSA) is 22.1 Å². The van der Waals surface area contributed by atoms with Crippen molar-refractivity contribution < 1.29 is 13.5 Å². The summed E-state index contributed by atoms with van der Waals surface area (Å²) in [6.07, 6.45) is 8.89. The highest BCUT2D eigenvalue weighted by molar-refractivity contribution is 7.18. The molecule has 0 unspecified atom stereocenters. The van der Waals surface area contributed by atoms with Gasteiger partial charge in [-0.05, 0) is 31.0 Å². The molecule has 2 aromatic rings. The first-order valence-corrected chi connectivity index (χ1v) is 8.39. The van der Waals surface area contributed by atoms with Crippen molar-refractivity contribution in [2.24, 2.45) is 0 Å².